The molecule has 3 aromatic rings. The molecule has 0 saturated heterocycles. The maximum Gasteiger partial charge on any atom is 0.400 e. The minimum Gasteiger partial charge on any atom is -0.288 e. The van der Waals surface area contributed by atoms with Gasteiger partial charge in [-0.1, -0.05) is 23.7 Å². The summed E-state index contributed by atoms with van der Waals surface area (Å²) in [6.07, 6.45) is -2.07. The van der Waals surface area contributed by atoms with Crippen molar-refractivity contribution >= 4 is 17.3 Å². The van der Waals surface area contributed by atoms with E-state index in [1.165, 1.54) is 29.5 Å². The summed E-state index contributed by atoms with van der Waals surface area (Å²) in [6, 6.07) is 9.82. The topological polar surface area (TPSA) is 66.9 Å². The highest BCUT2D eigenvalue weighted by molar-refractivity contribution is 6.31. The fourth-order valence-electron chi connectivity index (χ4n) is 3.80. The van der Waals surface area contributed by atoms with Crippen molar-refractivity contribution in [3.05, 3.63) is 75.8 Å². The average Bonchev–Trinajstić information content (AvgIpc) is 3.41. The molecule has 1 aliphatic rings. The highest BCUT2D eigenvalue weighted by Crippen LogP contribution is 2.48. The van der Waals surface area contributed by atoms with Gasteiger partial charge in [0.2, 0.25) is 0 Å². The summed E-state index contributed by atoms with van der Waals surface area (Å²) in [6.45, 7) is 3.09. The molecule has 1 unspecified atom stereocenters. The van der Waals surface area contributed by atoms with Gasteiger partial charge in [0, 0.05) is 17.2 Å². The van der Waals surface area contributed by atoms with Crippen molar-refractivity contribution in [2.45, 2.75) is 31.9 Å². The van der Waals surface area contributed by atoms with E-state index in [4.69, 9.17) is 11.6 Å². The van der Waals surface area contributed by atoms with Crippen molar-refractivity contribution < 1.29 is 13.2 Å². The van der Waals surface area contributed by atoms with E-state index in [1.807, 2.05) is 0 Å². The van der Waals surface area contributed by atoms with Gasteiger partial charge >= 0.3 is 6.18 Å². The van der Waals surface area contributed by atoms with Gasteiger partial charge in [0.1, 0.15) is 24.1 Å². The van der Waals surface area contributed by atoms with Crippen molar-refractivity contribution in [1.82, 2.24) is 14.8 Å². The maximum atomic E-state index is 14.4. The first-order chi connectivity index (χ1) is 14.7. The van der Waals surface area contributed by atoms with Gasteiger partial charge in [0.15, 0.2) is 0 Å². The predicted octanol–water partition coefficient (Wildman–Crippen LogP) is 5.10. The van der Waals surface area contributed by atoms with Gasteiger partial charge in [0.05, 0.1) is 17.8 Å². The number of aromatic nitrogens is 3. The third-order valence-electron chi connectivity index (χ3n) is 5.82. The van der Waals surface area contributed by atoms with Gasteiger partial charge in [-0.3, -0.25) is 4.99 Å². The summed E-state index contributed by atoms with van der Waals surface area (Å²) < 4.78 is 44.5. The first-order valence-electron chi connectivity index (χ1n) is 9.43. The van der Waals surface area contributed by atoms with Crippen LogP contribution in [-0.4, -0.2) is 33.2 Å². The fraction of sp³-hybridized carbons (Fsp3) is 0.273. The van der Waals surface area contributed by atoms with E-state index in [2.05, 4.69) is 21.1 Å². The quantitative estimate of drug-likeness (QED) is 0.565. The molecule has 0 radical (unpaired) electrons. The molecule has 2 aromatic carbocycles. The van der Waals surface area contributed by atoms with Crippen molar-refractivity contribution in [3.8, 4) is 11.8 Å². The van der Waals surface area contributed by atoms with E-state index in [1.54, 1.807) is 32.0 Å². The van der Waals surface area contributed by atoms with E-state index in [9.17, 15) is 18.4 Å². The zero-order chi connectivity index (χ0) is 22.4. The van der Waals surface area contributed by atoms with E-state index < -0.39 is 18.1 Å². The van der Waals surface area contributed by atoms with E-state index in [0.717, 1.165) is 5.56 Å². The number of nitriles is 1. The molecule has 0 spiro atoms. The molecule has 4 rings (SSSR count). The largest absolute Gasteiger partial charge is 0.400 e. The molecule has 0 amide bonds. The van der Waals surface area contributed by atoms with Crippen LogP contribution in [0.4, 0.5) is 13.2 Å². The number of alkyl halides is 3. The second-order valence-corrected chi connectivity index (χ2v) is 8.01. The highest BCUT2D eigenvalue weighted by atomic mass is 35.5. The van der Waals surface area contributed by atoms with Crippen molar-refractivity contribution in [2.24, 2.45) is 4.99 Å². The maximum absolute atomic E-state index is 14.4. The average molecular weight is 444 g/mol. The Bertz CT molecular complexity index is 1200. The van der Waals surface area contributed by atoms with Crippen LogP contribution in [0.1, 0.15) is 34.2 Å². The third kappa shape index (κ3) is 3.49. The van der Waals surface area contributed by atoms with E-state index in [-0.39, 0.29) is 17.5 Å². The van der Waals surface area contributed by atoms with Crippen LogP contribution in [0, 0.1) is 25.2 Å². The molecule has 0 aliphatic carbocycles. The molecule has 0 bridgehead atoms. The Morgan fingerprint density at radius 3 is 2.58 bits per heavy atom. The van der Waals surface area contributed by atoms with Crippen LogP contribution in [-0.2, 0) is 5.41 Å². The first-order valence-corrected chi connectivity index (χ1v) is 9.81. The molecule has 158 valence electrons. The van der Waals surface area contributed by atoms with E-state index >= 15 is 0 Å². The molecule has 1 aromatic heterocycles. The Morgan fingerprint density at radius 1 is 1.19 bits per heavy atom. The lowest BCUT2D eigenvalue weighted by Gasteiger charge is -2.32. The molecule has 31 heavy (non-hydrogen) atoms. The molecule has 1 aliphatic heterocycles. The summed E-state index contributed by atoms with van der Waals surface area (Å²) in [5, 5.41) is 13.8. The lowest BCUT2D eigenvalue weighted by atomic mass is 9.76. The molecule has 2 heterocycles. The molecule has 0 saturated carbocycles. The monoisotopic (exact) mass is 443 g/mol. The van der Waals surface area contributed by atoms with Crippen LogP contribution >= 0.6 is 11.6 Å². The van der Waals surface area contributed by atoms with Crippen molar-refractivity contribution in [2.75, 3.05) is 6.54 Å². The molecular formula is C22H17ClF3N5. The second-order valence-electron chi connectivity index (χ2n) is 7.60. The van der Waals surface area contributed by atoms with Crippen LogP contribution in [0.15, 0.2) is 48.0 Å². The van der Waals surface area contributed by atoms with Crippen LogP contribution < -0.4 is 0 Å². The Balaban J connectivity index is 1.75. The lowest BCUT2D eigenvalue weighted by molar-refractivity contribution is -0.183. The summed E-state index contributed by atoms with van der Waals surface area (Å²) in [5.41, 5.74) is 0.922. The smallest absolute Gasteiger partial charge is 0.288 e. The summed E-state index contributed by atoms with van der Waals surface area (Å²) in [5.74, 6) is 0. The Morgan fingerprint density at radius 2 is 1.97 bits per heavy atom. The number of hydrogen-bond acceptors (Lipinski definition) is 4. The highest BCUT2D eigenvalue weighted by Gasteiger charge is 2.58. The van der Waals surface area contributed by atoms with Crippen LogP contribution in [0.2, 0.25) is 5.02 Å². The SMILES string of the molecule is Cc1cc(C2(C(F)(F)F)CN=C(c3ccc(-n4cncn4)c(C#N)c3)C2)cc(Cl)c1C. The van der Waals surface area contributed by atoms with Gasteiger partial charge in [0.25, 0.3) is 0 Å². The normalized spacial score (nSPS) is 18.7. The number of benzene rings is 2. The molecule has 9 heteroatoms. The number of nitrogens with zero attached hydrogens (tertiary/aromatic N) is 5. The summed E-state index contributed by atoms with van der Waals surface area (Å²) >= 11 is 6.21. The molecule has 0 fully saturated rings. The standard InChI is InChI=1S/C22H17ClF3N5/c1-13-5-17(7-18(23)14(13)2)21(22(24,25)26)8-19(29-10-21)15-3-4-20(16(6-15)9-27)31-12-28-11-30-31/h3-7,11-12H,8,10H2,1-2H3. The zero-order valence-electron chi connectivity index (χ0n) is 16.7. The first kappa shape index (κ1) is 21.1. The van der Waals surface area contributed by atoms with Crippen LogP contribution in [0.25, 0.3) is 5.69 Å². The molecule has 0 N–H and O–H groups in total. The van der Waals surface area contributed by atoms with Gasteiger partial charge in [-0.2, -0.15) is 23.5 Å². The van der Waals surface area contributed by atoms with Crippen LogP contribution in [0.5, 0.6) is 0 Å². The third-order valence-corrected chi connectivity index (χ3v) is 6.22. The Hall–Kier alpha value is -3.18. The number of hydrogen-bond donors (Lipinski definition) is 0. The molecular weight excluding hydrogens is 427 g/mol. The number of aliphatic imine (C=N–C) groups is 1. The minimum atomic E-state index is -4.53. The summed E-state index contributed by atoms with van der Waals surface area (Å²) in [4.78, 5) is 8.12. The van der Waals surface area contributed by atoms with Gasteiger partial charge < -0.3 is 0 Å². The van der Waals surface area contributed by atoms with E-state index in [0.29, 0.717) is 27.5 Å². The van der Waals surface area contributed by atoms with Gasteiger partial charge in [-0.05, 0) is 54.3 Å². The Kier molecular flexibility index (Phi) is 5.10. The number of aryl methyl sites for hydroxylation is 1. The minimum absolute atomic E-state index is 0.103. The van der Waals surface area contributed by atoms with Crippen molar-refractivity contribution in [1.29, 1.82) is 5.26 Å². The second kappa shape index (κ2) is 7.50. The van der Waals surface area contributed by atoms with Crippen molar-refractivity contribution in [3.63, 3.8) is 0 Å². The number of rotatable bonds is 3. The summed E-state index contributed by atoms with van der Waals surface area (Å²) in [7, 11) is 0. The predicted molar refractivity (Wildman–Crippen MR) is 111 cm³/mol. The molecule has 5 nitrogen and oxygen atoms in total. The zero-order valence-corrected chi connectivity index (χ0v) is 17.5. The van der Waals surface area contributed by atoms with Gasteiger partial charge in [-0.15, -0.1) is 0 Å². The Labute approximate surface area is 181 Å². The number of halogens is 4. The molecule has 1 atom stereocenters. The van der Waals surface area contributed by atoms with Gasteiger partial charge in [-0.25, -0.2) is 9.67 Å². The van der Waals surface area contributed by atoms with Crippen LogP contribution in [0.3, 0.4) is 0 Å². The fourth-order valence-corrected chi connectivity index (χ4v) is 4.06. The lowest BCUT2D eigenvalue weighted by Crippen LogP contribution is -2.44.